The Bertz CT molecular complexity index is 886. The summed E-state index contributed by atoms with van der Waals surface area (Å²) in [7, 11) is 0. The Balaban J connectivity index is 0.000000479. The lowest BCUT2D eigenvalue weighted by atomic mass is 10.2. The van der Waals surface area contributed by atoms with E-state index in [0.29, 0.717) is 30.2 Å². The van der Waals surface area contributed by atoms with E-state index in [1.165, 1.54) is 12.1 Å². The summed E-state index contributed by atoms with van der Waals surface area (Å²) in [6.45, 7) is 2.47. The molecule has 0 aliphatic carbocycles. The molecule has 160 valence electrons. The van der Waals surface area contributed by atoms with Crippen LogP contribution in [0.2, 0.25) is 0 Å². The number of amides is 1. The second kappa shape index (κ2) is 12.3. The van der Waals surface area contributed by atoms with Crippen molar-refractivity contribution in [3.63, 3.8) is 0 Å². The van der Waals surface area contributed by atoms with Crippen LogP contribution in [-0.4, -0.2) is 39.8 Å². The number of nitrogens with two attached hydrogens (primary N) is 1. The third-order valence-corrected chi connectivity index (χ3v) is 3.19. The Morgan fingerprint density at radius 3 is 2.20 bits per heavy atom. The number of ether oxygens (including phenoxy) is 1. The van der Waals surface area contributed by atoms with Crippen molar-refractivity contribution in [2.45, 2.75) is 13.5 Å². The zero-order valence-electron chi connectivity index (χ0n) is 16.0. The number of nitrogen functional groups attached to an aromatic ring is 1. The van der Waals surface area contributed by atoms with E-state index < -0.39 is 18.0 Å². The predicted octanol–water partition coefficient (Wildman–Crippen LogP) is 2.70. The van der Waals surface area contributed by atoms with Gasteiger partial charge in [0.25, 0.3) is 0 Å². The van der Waals surface area contributed by atoms with Crippen LogP contribution in [0.25, 0.3) is 0 Å². The van der Waals surface area contributed by atoms with Crippen molar-refractivity contribution in [3.05, 3.63) is 59.9 Å². The average Bonchev–Trinajstić information content (AvgIpc) is 2.68. The number of nitrogens with zero attached hydrogens (tertiary/aromatic N) is 1. The summed E-state index contributed by atoms with van der Waals surface area (Å²) < 4.78 is 17.6. The molecule has 10 nitrogen and oxygen atoms in total. The lowest BCUT2D eigenvalue weighted by Gasteiger charge is -2.10. The van der Waals surface area contributed by atoms with Gasteiger partial charge >= 0.3 is 18.0 Å². The highest BCUT2D eigenvalue weighted by Crippen LogP contribution is 2.19. The summed E-state index contributed by atoms with van der Waals surface area (Å²) in [6.07, 6.45) is 0.535. The second-order valence-corrected chi connectivity index (χ2v) is 5.46. The van der Waals surface area contributed by atoms with Crippen molar-refractivity contribution in [3.8, 4) is 0 Å². The molecule has 0 saturated carbocycles. The standard InChI is InChI=1S/C15H17FN4O2.C4H4O4/c1-2-22-15(21)19-12-7-8-13(20-14(12)17)18-9-10-3-5-11(16)6-4-10;5-3(6)1-2-4(7)8/h3-8H,2,9H2,1H3,(H,19,21)(H3,17,18,20);1-2H,(H,5,6)(H,7,8). The van der Waals surface area contributed by atoms with Gasteiger partial charge in [0.15, 0.2) is 0 Å². The van der Waals surface area contributed by atoms with E-state index >= 15 is 0 Å². The molecule has 2 aromatic rings. The first-order valence-corrected chi connectivity index (χ1v) is 8.53. The summed E-state index contributed by atoms with van der Waals surface area (Å²) in [5.74, 6) is -2.06. The zero-order chi connectivity index (χ0) is 22.5. The quantitative estimate of drug-likeness (QED) is 0.424. The number of nitrogens with one attached hydrogen (secondary N) is 2. The van der Waals surface area contributed by atoms with Crippen LogP contribution < -0.4 is 16.4 Å². The van der Waals surface area contributed by atoms with Crippen LogP contribution in [0.5, 0.6) is 0 Å². The highest BCUT2D eigenvalue weighted by Gasteiger charge is 2.07. The molecule has 0 bridgehead atoms. The van der Waals surface area contributed by atoms with Crippen LogP contribution in [-0.2, 0) is 20.9 Å². The van der Waals surface area contributed by atoms with Gasteiger partial charge in [0.2, 0.25) is 0 Å². The maximum atomic E-state index is 12.8. The molecule has 0 saturated heterocycles. The number of anilines is 3. The van der Waals surface area contributed by atoms with E-state index in [2.05, 4.69) is 15.6 Å². The number of halogens is 1. The lowest BCUT2D eigenvalue weighted by Crippen LogP contribution is -2.15. The molecule has 0 aliphatic heterocycles. The number of aromatic nitrogens is 1. The minimum atomic E-state index is -1.26. The van der Waals surface area contributed by atoms with Crippen molar-refractivity contribution in [1.29, 1.82) is 0 Å². The van der Waals surface area contributed by atoms with Gasteiger partial charge in [-0.2, -0.15) is 0 Å². The van der Waals surface area contributed by atoms with Crippen LogP contribution in [0, 0.1) is 5.82 Å². The Morgan fingerprint density at radius 2 is 1.70 bits per heavy atom. The summed E-state index contributed by atoms with van der Waals surface area (Å²) in [5.41, 5.74) is 7.08. The van der Waals surface area contributed by atoms with E-state index in [1.807, 2.05) is 0 Å². The highest BCUT2D eigenvalue weighted by molar-refractivity contribution is 5.89. The monoisotopic (exact) mass is 420 g/mol. The maximum Gasteiger partial charge on any atom is 0.411 e. The minimum Gasteiger partial charge on any atom is -0.478 e. The van der Waals surface area contributed by atoms with Gasteiger partial charge in [-0.3, -0.25) is 5.32 Å². The average molecular weight is 420 g/mol. The van der Waals surface area contributed by atoms with E-state index in [9.17, 15) is 18.8 Å². The molecule has 1 amide bonds. The fourth-order valence-corrected chi connectivity index (χ4v) is 1.89. The molecule has 30 heavy (non-hydrogen) atoms. The van der Waals surface area contributed by atoms with Crippen molar-refractivity contribution < 1.29 is 33.7 Å². The fraction of sp³-hybridized carbons (Fsp3) is 0.158. The van der Waals surface area contributed by atoms with Crippen LogP contribution in [0.3, 0.4) is 0 Å². The summed E-state index contributed by atoms with van der Waals surface area (Å²) in [4.78, 5) is 34.6. The third-order valence-electron chi connectivity index (χ3n) is 3.19. The molecule has 0 radical (unpaired) electrons. The molecule has 0 spiro atoms. The molecule has 11 heteroatoms. The Kier molecular flexibility index (Phi) is 9.82. The van der Waals surface area contributed by atoms with E-state index in [1.54, 1.807) is 31.2 Å². The largest absolute Gasteiger partial charge is 0.478 e. The number of pyridine rings is 1. The number of carboxylic acids is 2. The molecule has 1 aromatic heterocycles. The molecule has 1 aromatic carbocycles. The topological polar surface area (TPSA) is 164 Å². The molecule has 0 unspecified atom stereocenters. The van der Waals surface area contributed by atoms with Crippen molar-refractivity contribution in [2.75, 3.05) is 23.0 Å². The second-order valence-electron chi connectivity index (χ2n) is 5.46. The molecule has 0 aliphatic rings. The van der Waals surface area contributed by atoms with Gasteiger partial charge in [-0.25, -0.2) is 23.8 Å². The number of hydrogen-bond donors (Lipinski definition) is 5. The van der Waals surface area contributed by atoms with Crippen molar-refractivity contribution >= 4 is 35.4 Å². The smallest absolute Gasteiger partial charge is 0.411 e. The Labute approximate surface area is 171 Å². The third kappa shape index (κ3) is 9.69. The number of carbonyl (C=O) groups excluding carboxylic acids is 1. The first-order valence-electron chi connectivity index (χ1n) is 8.53. The van der Waals surface area contributed by atoms with Gasteiger partial charge in [0, 0.05) is 18.7 Å². The highest BCUT2D eigenvalue weighted by atomic mass is 19.1. The van der Waals surface area contributed by atoms with E-state index in [0.717, 1.165) is 5.56 Å². The number of aliphatic carboxylic acids is 2. The van der Waals surface area contributed by atoms with Crippen LogP contribution in [0.1, 0.15) is 12.5 Å². The minimum absolute atomic E-state index is 0.178. The zero-order valence-corrected chi connectivity index (χ0v) is 16.0. The number of hydrogen-bond acceptors (Lipinski definition) is 7. The summed E-state index contributed by atoms with van der Waals surface area (Å²) >= 11 is 0. The van der Waals surface area contributed by atoms with Crippen molar-refractivity contribution in [1.82, 2.24) is 4.98 Å². The molecule has 0 atom stereocenters. The molecular formula is C19H21FN4O6. The van der Waals surface area contributed by atoms with Gasteiger partial charge in [-0.05, 0) is 36.8 Å². The fourth-order valence-electron chi connectivity index (χ4n) is 1.89. The normalized spacial score (nSPS) is 9.93. The molecule has 1 heterocycles. The van der Waals surface area contributed by atoms with Gasteiger partial charge in [0.05, 0.1) is 12.3 Å². The van der Waals surface area contributed by atoms with Gasteiger partial charge in [-0.15, -0.1) is 0 Å². The number of benzene rings is 1. The SMILES string of the molecule is CCOC(=O)Nc1ccc(NCc2ccc(F)cc2)nc1N.O=C(O)C=CC(=O)O. The first kappa shape index (κ1) is 23.9. The molecule has 6 N–H and O–H groups in total. The van der Waals surface area contributed by atoms with Crippen LogP contribution in [0.4, 0.5) is 26.5 Å². The van der Waals surface area contributed by atoms with Crippen LogP contribution in [0.15, 0.2) is 48.6 Å². The van der Waals surface area contributed by atoms with E-state index in [4.69, 9.17) is 20.7 Å². The Morgan fingerprint density at radius 1 is 1.10 bits per heavy atom. The van der Waals surface area contributed by atoms with Crippen molar-refractivity contribution in [2.24, 2.45) is 0 Å². The van der Waals surface area contributed by atoms with Gasteiger partial charge in [0.1, 0.15) is 17.5 Å². The summed E-state index contributed by atoms with van der Waals surface area (Å²) in [5, 5.41) is 21.2. The van der Waals surface area contributed by atoms with E-state index in [-0.39, 0.29) is 18.2 Å². The molecule has 2 rings (SSSR count). The number of carboxylic acid groups (broad SMARTS) is 2. The predicted molar refractivity (Wildman–Crippen MR) is 107 cm³/mol. The van der Waals surface area contributed by atoms with Gasteiger partial charge < -0.3 is 26.0 Å². The number of rotatable bonds is 7. The van der Waals surface area contributed by atoms with Gasteiger partial charge in [-0.1, -0.05) is 12.1 Å². The molecular weight excluding hydrogens is 399 g/mol. The lowest BCUT2D eigenvalue weighted by molar-refractivity contribution is -0.134. The molecule has 0 fully saturated rings. The van der Waals surface area contributed by atoms with Crippen LogP contribution >= 0.6 is 0 Å². The Hall–Kier alpha value is -4.15. The first-order chi connectivity index (χ1) is 14.2. The maximum absolute atomic E-state index is 12.8. The summed E-state index contributed by atoms with van der Waals surface area (Å²) in [6, 6.07) is 9.47. The number of carbonyl (C=O) groups is 3.